The van der Waals surface area contributed by atoms with Crippen molar-refractivity contribution in [2.75, 3.05) is 19.6 Å². The van der Waals surface area contributed by atoms with E-state index in [0.29, 0.717) is 6.04 Å². The summed E-state index contributed by atoms with van der Waals surface area (Å²) in [4.78, 5) is 11.5. The number of fused-ring (bicyclic) bond motifs is 2. The van der Waals surface area contributed by atoms with Crippen molar-refractivity contribution in [2.45, 2.75) is 19.4 Å². The first-order chi connectivity index (χ1) is 9.81. The monoisotopic (exact) mass is 283 g/mol. The summed E-state index contributed by atoms with van der Waals surface area (Å²) in [6, 6.07) is 7.12. The van der Waals surface area contributed by atoms with E-state index in [1.807, 2.05) is 5.51 Å². The average molecular weight is 283 g/mol. The van der Waals surface area contributed by atoms with Gasteiger partial charge in [0, 0.05) is 31.3 Å². The van der Waals surface area contributed by atoms with Gasteiger partial charge in [-0.25, -0.2) is 4.98 Å². The number of likely N-dealkylation sites (tertiary alicyclic amines) is 1. The molecule has 3 heterocycles. The number of hydrogen-bond donors (Lipinski definition) is 0. The largest absolute Gasteiger partial charge is 0.292 e. The molecule has 0 aliphatic carbocycles. The highest BCUT2D eigenvalue weighted by Crippen LogP contribution is 2.29. The van der Waals surface area contributed by atoms with Gasteiger partial charge in [0.05, 0.1) is 22.3 Å². The van der Waals surface area contributed by atoms with Gasteiger partial charge in [-0.15, -0.1) is 11.3 Å². The first-order valence-corrected chi connectivity index (χ1v) is 7.99. The molecule has 1 aromatic carbocycles. The molecule has 0 radical (unpaired) electrons. The van der Waals surface area contributed by atoms with Crippen LogP contribution in [0.4, 0.5) is 0 Å². The molecule has 0 bridgehead atoms. The molecule has 2 aliphatic heterocycles. The lowest BCUT2D eigenvalue weighted by Gasteiger charge is -2.33. The summed E-state index contributed by atoms with van der Waals surface area (Å²) in [6.07, 6.45) is 3.37. The zero-order valence-electron chi connectivity index (χ0n) is 11.5. The topological polar surface area (TPSA) is 28.5 Å². The van der Waals surface area contributed by atoms with Crippen molar-refractivity contribution in [1.82, 2.24) is 9.88 Å². The molecule has 4 heteroatoms. The van der Waals surface area contributed by atoms with Crippen molar-refractivity contribution in [2.24, 2.45) is 4.99 Å². The quantitative estimate of drug-likeness (QED) is 0.844. The molecule has 0 N–H and O–H groups in total. The van der Waals surface area contributed by atoms with Crippen LogP contribution < -0.4 is 0 Å². The Hall–Kier alpha value is -1.52. The van der Waals surface area contributed by atoms with Crippen molar-refractivity contribution in [3.8, 4) is 0 Å². The fourth-order valence-corrected chi connectivity index (χ4v) is 3.76. The van der Waals surface area contributed by atoms with E-state index >= 15 is 0 Å². The van der Waals surface area contributed by atoms with Gasteiger partial charge in [-0.1, -0.05) is 12.1 Å². The molecular weight excluding hydrogens is 266 g/mol. The molecule has 102 valence electrons. The van der Waals surface area contributed by atoms with Crippen LogP contribution in [-0.4, -0.2) is 35.2 Å². The number of aliphatic imine (C=N–C) groups is 1. The van der Waals surface area contributed by atoms with E-state index in [0.717, 1.165) is 31.6 Å². The maximum Gasteiger partial charge on any atom is 0.0815 e. The minimum atomic E-state index is 0.434. The Kier molecular flexibility index (Phi) is 2.93. The Morgan fingerprint density at radius 3 is 3.25 bits per heavy atom. The minimum absolute atomic E-state index is 0.434. The number of aromatic nitrogens is 1. The molecule has 1 fully saturated rings. The van der Waals surface area contributed by atoms with Crippen LogP contribution in [0.25, 0.3) is 10.2 Å². The SMILES string of the molecule is CC(c1ccc2scnc2c1)N1CCC2=NCC=C2C1. The van der Waals surface area contributed by atoms with Gasteiger partial charge >= 0.3 is 0 Å². The molecular formula is C16H17N3S. The number of nitrogens with zero attached hydrogens (tertiary/aromatic N) is 3. The van der Waals surface area contributed by atoms with E-state index in [1.54, 1.807) is 11.3 Å². The second kappa shape index (κ2) is 4.79. The molecule has 0 saturated carbocycles. The smallest absolute Gasteiger partial charge is 0.0815 e. The van der Waals surface area contributed by atoms with Gasteiger partial charge in [0.1, 0.15) is 0 Å². The molecule has 3 nitrogen and oxygen atoms in total. The Balaban J connectivity index is 1.60. The first kappa shape index (κ1) is 12.2. The highest BCUT2D eigenvalue weighted by atomic mass is 32.1. The highest BCUT2D eigenvalue weighted by Gasteiger charge is 2.25. The second-order valence-electron chi connectivity index (χ2n) is 5.49. The van der Waals surface area contributed by atoms with Crippen LogP contribution in [0.3, 0.4) is 0 Å². The van der Waals surface area contributed by atoms with Gasteiger partial charge < -0.3 is 0 Å². The van der Waals surface area contributed by atoms with Gasteiger partial charge in [-0.05, 0) is 30.2 Å². The Morgan fingerprint density at radius 1 is 1.35 bits per heavy atom. The Labute approximate surface area is 122 Å². The van der Waals surface area contributed by atoms with Crippen molar-refractivity contribution in [3.05, 3.63) is 40.9 Å². The predicted molar refractivity (Wildman–Crippen MR) is 84.6 cm³/mol. The minimum Gasteiger partial charge on any atom is -0.292 e. The van der Waals surface area contributed by atoms with E-state index in [9.17, 15) is 0 Å². The summed E-state index contributed by atoms with van der Waals surface area (Å²) in [5, 5.41) is 0. The summed E-state index contributed by atoms with van der Waals surface area (Å²) in [7, 11) is 0. The molecule has 2 aromatic rings. The fraction of sp³-hybridized carbons (Fsp3) is 0.375. The second-order valence-corrected chi connectivity index (χ2v) is 6.38. The van der Waals surface area contributed by atoms with Crippen molar-refractivity contribution in [3.63, 3.8) is 0 Å². The number of benzene rings is 1. The summed E-state index contributed by atoms with van der Waals surface area (Å²) in [5.41, 5.74) is 7.19. The van der Waals surface area contributed by atoms with Gasteiger partial charge in [-0.2, -0.15) is 0 Å². The van der Waals surface area contributed by atoms with Crippen molar-refractivity contribution in [1.29, 1.82) is 0 Å². The molecule has 1 aromatic heterocycles. The molecule has 20 heavy (non-hydrogen) atoms. The van der Waals surface area contributed by atoms with E-state index in [1.165, 1.54) is 21.5 Å². The third-order valence-corrected chi connectivity index (χ3v) is 5.19. The zero-order valence-corrected chi connectivity index (χ0v) is 12.4. The Morgan fingerprint density at radius 2 is 2.30 bits per heavy atom. The fourth-order valence-electron chi connectivity index (χ4n) is 3.10. The summed E-state index contributed by atoms with van der Waals surface area (Å²) in [5.74, 6) is 0. The van der Waals surface area contributed by atoms with Crippen LogP contribution in [0, 0.1) is 0 Å². The van der Waals surface area contributed by atoms with E-state index < -0.39 is 0 Å². The molecule has 0 amide bonds. The molecule has 2 aliphatic rings. The van der Waals surface area contributed by atoms with Gasteiger partial charge in [0.25, 0.3) is 0 Å². The molecule has 1 saturated heterocycles. The van der Waals surface area contributed by atoms with Crippen molar-refractivity contribution < 1.29 is 0 Å². The lowest BCUT2D eigenvalue weighted by Crippen LogP contribution is -2.36. The van der Waals surface area contributed by atoms with Crippen LogP contribution >= 0.6 is 11.3 Å². The van der Waals surface area contributed by atoms with Crippen LogP contribution in [0.15, 0.2) is 40.4 Å². The Bertz CT molecular complexity index is 713. The van der Waals surface area contributed by atoms with Crippen LogP contribution in [0.1, 0.15) is 24.9 Å². The maximum atomic E-state index is 4.55. The van der Waals surface area contributed by atoms with E-state index in [-0.39, 0.29) is 0 Å². The van der Waals surface area contributed by atoms with Gasteiger partial charge in [-0.3, -0.25) is 9.89 Å². The van der Waals surface area contributed by atoms with E-state index in [2.05, 4.69) is 46.1 Å². The number of hydrogen-bond acceptors (Lipinski definition) is 4. The van der Waals surface area contributed by atoms with Crippen LogP contribution in [0.5, 0.6) is 0 Å². The zero-order chi connectivity index (χ0) is 13.5. The summed E-state index contributed by atoms with van der Waals surface area (Å²) < 4.78 is 1.27. The summed E-state index contributed by atoms with van der Waals surface area (Å²) in [6.45, 7) is 5.32. The number of piperidine rings is 1. The lowest BCUT2D eigenvalue weighted by molar-refractivity contribution is 0.230. The molecule has 0 spiro atoms. The van der Waals surface area contributed by atoms with Gasteiger partial charge in [0.15, 0.2) is 0 Å². The van der Waals surface area contributed by atoms with Gasteiger partial charge in [0.2, 0.25) is 0 Å². The van der Waals surface area contributed by atoms with E-state index in [4.69, 9.17) is 0 Å². The first-order valence-electron chi connectivity index (χ1n) is 7.11. The number of thiazole rings is 1. The molecule has 1 atom stereocenters. The third kappa shape index (κ3) is 2.00. The molecule has 4 rings (SSSR count). The number of rotatable bonds is 2. The lowest BCUT2D eigenvalue weighted by atomic mass is 9.99. The predicted octanol–water partition coefficient (Wildman–Crippen LogP) is 3.44. The summed E-state index contributed by atoms with van der Waals surface area (Å²) >= 11 is 1.71. The highest BCUT2D eigenvalue weighted by molar-refractivity contribution is 7.16. The van der Waals surface area contributed by atoms with Crippen LogP contribution in [0.2, 0.25) is 0 Å². The average Bonchev–Trinajstić information content (AvgIpc) is 3.13. The van der Waals surface area contributed by atoms with Crippen LogP contribution in [-0.2, 0) is 0 Å². The standard InChI is InChI=1S/C16H17N3S/c1-11(12-2-3-16-15(8-12)18-10-20-16)19-7-5-14-13(9-19)4-6-17-14/h2-4,8,10-11H,5-7,9H2,1H3. The third-order valence-electron chi connectivity index (χ3n) is 4.38. The normalized spacial score (nSPS) is 20.6. The molecule has 1 unspecified atom stereocenters. The van der Waals surface area contributed by atoms with Crippen molar-refractivity contribution >= 4 is 27.3 Å². The maximum absolute atomic E-state index is 4.55.